The van der Waals surface area contributed by atoms with Crippen molar-refractivity contribution in [3.8, 4) is 0 Å². The fraction of sp³-hybridized carbons (Fsp3) is 0.615. The Morgan fingerprint density at radius 3 is 2.76 bits per heavy atom. The standard InChI is InChI=1S/C13H18ClNOS/c1-8-4-5-15(7-11(8)14)13(16)12-6-9(2)10(3)17-12/h6,8,11H,4-5,7H2,1-3H3. The summed E-state index contributed by atoms with van der Waals surface area (Å²) >= 11 is 7.82. The molecule has 2 heterocycles. The number of likely N-dealkylation sites (tertiary alicyclic amines) is 1. The van der Waals surface area contributed by atoms with E-state index in [0.29, 0.717) is 12.5 Å². The van der Waals surface area contributed by atoms with E-state index in [2.05, 4.69) is 13.8 Å². The third kappa shape index (κ3) is 2.66. The molecule has 2 unspecified atom stereocenters. The number of aryl methyl sites for hydroxylation is 2. The highest BCUT2D eigenvalue weighted by molar-refractivity contribution is 7.14. The Bertz CT molecular complexity index is 410. The Morgan fingerprint density at radius 2 is 2.24 bits per heavy atom. The van der Waals surface area contributed by atoms with Gasteiger partial charge in [0.15, 0.2) is 0 Å². The number of rotatable bonds is 1. The van der Waals surface area contributed by atoms with Gasteiger partial charge in [-0.25, -0.2) is 0 Å². The molecule has 1 aliphatic heterocycles. The van der Waals surface area contributed by atoms with Crippen LogP contribution in [0.2, 0.25) is 0 Å². The topological polar surface area (TPSA) is 20.3 Å². The summed E-state index contributed by atoms with van der Waals surface area (Å²) < 4.78 is 0. The minimum Gasteiger partial charge on any atom is -0.336 e. The van der Waals surface area contributed by atoms with Crippen molar-refractivity contribution >= 4 is 28.8 Å². The smallest absolute Gasteiger partial charge is 0.263 e. The molecule has 0 radical (unpaired) electrons. The number of hydrogen-bond donors (Lipinski definition) is 0. The van der Waals surface area contributed by atoms with Crippen molar-refractivity contribution in [1.82, 2.24) is 4.90 Å². The maximum absolute atomic E-state index is 12.3. The largest absolute Gasteiger partial charge is 0.336 e. The van der Waals surface area contributed by atoms with E-state index in [1.807, 2.05) is 17.9 Å². The van der Waals surface area contributed by atoms with Crippen LogP contribution in [0.1, 0.15) is 33.5 Å². The Hall–Kier alpha value is -0.540. The fourth-order valence-electron chi connectivity index (χ4n) is 2.04. The molecule has 1 aromatic heterocycles. The Labute approximate surface area is 112 Å². The summed E-state index contributed by atoms with van der Waals surface area (Å²) in [6, 6.07) is 1.99. The molecule has 1 saturated heterocycles. The van der Waals surface area contributed by atoms with E-state index < -0.39 is 0 Å². The second kappa shape index (κ2) is 4.99. The van der Waals surface area contributed by atoms with E-state index in [4.69, 9.17) is 11.6 Å². The monoisotopic (exact) mass is 271 g/mol. The fourth-order valence-corrected chi connectivity index (χ4v) is 3.34. The van der Waals surface area contributed by atoms with Gasteiger partial charge in [0.25, 0.3) is 5.91 Å². The highest BCUT2D eigenvalue weighted by Gasteiger charge is 2.28. The van der Waals surface area contributed by atoms with Gasteiger partial charge in [0.05, 0.1) is 10.3 Å². The quantitative estimate of drug-likeness (QED) is 0.717. The summed E-state index contributed by atoms with van der Waals surface area (Å²) in [5.41, 5.74) is 1.20. The Balaban J connectivity index is 2.10. The molecule has 0 N–H and O–H groups in total. The number of hydrogen-bond acceptors (Lipinski definition) is 2. The molecule has 0 aromatic carbocycles. The summed E-state index contributed by atoms with van der Waals surface area (Å²) in [5, 5.41) is 0.0925. The van der Waals surface area contributed by atoms with Crippen LogP contribution in [0.3, 0.4) is 0 Å². The molecular formula is C13H18ClNOS. The molecule has 94 valence electrons. The van der Waals surface area contributed by atoms with Crippen LogP contribution in [0.15, 0.2) is 6.07 Å². The normalized spacial score (nSPS) is 25.1. The lowest BCUT2D eigenvalue weighted by atomic mass is 9.98. The number of thiophene rings is 1. The number of piperidine rings is 1. The van der Waals surface area contributed by atoms with Crippen LogP contribution in [0, 0.1) is 19.8 Å². The van der Waals surface area contributed by atoms with Crippen LogP contribution >= 0.6 is 22.9 Å². The first-order chi connectivity index (χ1) is 7.99. The molecule has 0 aliphatic carbocycles. The summed E-state index contributed by atoms with van der Waals surface area (Å²) in [5.74, 6) is 0.649. The zero-order chi connectivity index (χ0) is 12.6. The third-order valence-electron chi connectivity index (χ3n) is 3.53. The van der Waals surface area contributed by atoms with E-state index in [0.717, 1.165) is 17.8 Å². The first kappa shape index (κ1) is 12.9. The molecule has 4 heteroatoms. The van der Waals surface area contributed by atoms with Gasteiger partial charge in [0.2, 0.25) is 0 Å². The van der Waals surface area contributed by atoms with E-state index in [1.165, 1.54) is 10.4 Å². The van der Waals surface area contributed by atoms with Crippen LogP contribution < -0.4 is 0 Å². The molecule has 17 heavy (non-hydrogen) atoms. The molecule has 1 aromatic rings. The SMILES string of the molecule is Cc1cc(C(=O)N2CCC(C)C(Cl)C2)sc1C. The van der Waals surface area contributed by atoms with Crippen LogP contribution in [0.4, 0.5) is 0 Å². The maximum atomic E-state index is 12.3. The highest BCUT2D eigenvalue weighted by atomic mass is 35.5. The van der Waals surface area contributed by atoms with Crippen molar-refractivity contribution < 1.29 is 4.79 Å². The second-order valence-electron chi connectivity index (χ2n) is 4.88. The van der Waals surface area contributed by atoms with E-state index in [9.17, 15) is 4.79 Å². The van der Waals surface area contributed by atoms with Gasteiger partial charge < -0.3 is 4.90 Å². The number of carbonyl (C=O) groups excluding carboxylic acids is 1. The van der Waals surface area contributed by atoms with Crippen LogP contribution in [0.5, 0.6) is 0 Å². The lowest BCUT2D eigenvalue weighted by molar-refractivity contribution is 0.0706. The molecule has 0 saturated carbocycles. The lowest BCUT2D eigenvalue weighted by Gasteiger charge is -2.33. The molecule has 1 aliphatic rings. The number of halogens is 1. The highest BCUT2D eigenvalue weighted by Crippen LogP contribution is 2.26. The zero-order valence-corrected chi connectivity index (χ0v) is 12.1. The number of amides is 1. The van der Waals surface area contributed by atoms with Gasteiger partial charge in [-0.1, -0.05) is 6.92 Å². The van der Waals surface area contributed by atoms with Crippen LogP contribution in [-0.2, 0) is 0 Å². The molecule has 0 spiro atoms. The number of nitrogens with zero attached hydrogens (tertiary/aromatic N) is 1. The van der Waals surface area contributed by atoms with Crippen molar-refractivity contribution in [1.29, 1.82) is 0 Å². The molecule has 1 fully saturated rings. The van der Waals surface area contributed by atoms with Gasteiger partial charge >= 0.3 is 0 Å². The Morgan fingerprint density at radius 1 is 1.53 bits per heavy atom. The molecule has 2 nitrogen and oxygen atoms in total. The summed E-state index contributed by atoms with van der Waals surface area (Å²) in [6.45, 7) is 7.76. The molecule has 2 rings (SSSR count). The summed E-state index contributed by atoms with van der Waals surface area (Å²) in [7, 11) is 0. The maximum Gasteiger partial charge on any atom is 0.263 e. The zero-order valence-electron chi connectivity index (χ0n) is 10.5. The predicted molar refractivity (Wildman–Crippen MR) is 73.1 cm³/mol. The van der Waals surface area contributed by atoms with Gasteiger partial charge in [-0.2, -0.15) is 0 Å². The average molecular weight is 272 g/mol. The van der Waals surface area contributed by atoms with Crippen molar-refractivity contribution in [3.63, 3.8) is 0 Å². The van der Waals surface area contributed by atoms with Crippen molar-refractivity contribution in [3.05, 3.63) is 21.4 Å². The first-order valence-corrected chi connectivity index (χ1v) is 7.24. The van der Waals surface area contributed by atoms with Crippen LogP contribution in [0.25, 0.3) is 0 Å². The van der Waals surface area contributed by atoms with Crippen molar-refractivity contribution in [2.75, 3.05) is 13.1 Å². The molecule has 0 bridgehead atoms. The van der Waals surface area contributed by atoms with Crippen LogP contribution in [-0.4, -0.2) is 29.3 Å². The Kier molecular flexibility index (Phi) is 3.79. The number of carbonyl (C=O) groups is 1. The third-order valence-corrected chi connectivity index (χ3v) is 5.24. The van der Waals surface area contributed by atoms with Crippen molar-refractivity contribution in [2.45, 2.75) is 32.6 Å². The van der Waals surface area contributed by atoms with E-state index in [1.54, 1.807) is 11.3 Å². The van der Waals surface area contributed by atoms with Gasteiger partial charge in [-0.05, 0) is 37.8 Å². The van der Waals surface area contributed by atoms with Gasteiger partial charge in [0, 0.05) is 18.0 Å². The number of alkyl halides is 1. The summed E-state index contributed by atoms with van der Waals surface area (Å²) in [6.07, 6.45) is 1.00. The van der Waals surface area contributed by atoms with E-state index in [-0.39, 0.29) is 11.3 Å². The first-order valence-electron chi connectivity index (χ1n) is 5.99. The van der Waals surface area contributed by atoms with Gasteiger partial charge in [0.1, 0.15) is 0 Å². The lowest BCUT2D eigenvalue weighted by Crippen LogP contribution is -2.43. The van der Waals surface area contributed by atoms with Crippen molar-refractivity contribution in [2.24, 2.45) is 5.92 Å². The predicted octanol–water partition coefficient (Wildman–Crippen LogP) is 3.45. The minimum absolute atomic E-state index is 0.0925. The molecule has 1 amide bonds. The molecular weight excluding hydrogens is 254 g/mol. The van der Waals surface area contributed by atoms with E-state index >= 15 is 0 Å². The summed E-state index contributed by atoms with van der Waals surface area (Å²) in [4.78, 5) is 16.3. The van der Waals surface area contributed by atoms with Gasteiger partial charge in [-0.3, -0.25) is 4.79 Å². The second-order valence-corrected chi connectivity index (χ2v) is 6.70. The van der Waals surface area contributed by atoms with Gasteiger partial charge in [-0.15, -0.1) is 22.9 Å². The average Bonchev–Trinajstić information content (AvgIpc) is 2.62. The minimum atomic E-state index is 0.0925. The molecule has 2 atom stereocenters.